The van der Waals surface area contributed by atoms with Crippen LogP contribution in [-0.4, -0.2) is 50.6 Å². The second-order valence-corrected chi connectivity index (χ2v) is 8.88. The normalized spacial score (nSPS) is 29.6. The molecule has 0 bridgehead atoms. The lowest BCUT2D eigenvalue weighted by atomic mass is 9.77. The first-order chi connectivity index (χ1) is 12.8. The number of rotatable bonds is 3. The molecular formula is C20H29N5O2. The first-order valence-electron chi connectivity index (χ1n) is 10.0. The average molecular weight is 371 g/mol. The Kier molecular flexibility index (Phi) is 4.35. The number of nitrogens with zero attached hydrogens (tertiary/aromatic N) is 4. The fourth-order valence-corrected chi connectivity index (χ4v) is 4.86. The van der Waals surface area contributed by atoms with E-state index in [1.54, 1.807) is 0 Å². The van der Waals surface area contributed by atoms with Crippen LogP contribution in [0.15, 0.2) is 12.2 Å². The van der Waals surface area contributed by atoms with E-state index < -0.39 is 0 Å². The van der Waals surface area contributed by atoms with Crippen LogP contribution in [0.5, 0.6) is 0 Å². The summed E-state index contributed by atoms with van der Waals surface area (Å²) in [4.78, 5) is 27.9. The van der Waals surface area contributed by atoms with Gasteiger partial charge < -0.3 is 10.2 Å². The zero-order valence-electron chi connectivity index (χ0n) is 16.5. The molecule has 1 spiro atoms. The highest BCUT2D eigenvalue weighted by atomic mass is 16.2. The van der Waals surface area contributed by atoms with Crippen LogP contribution >= 0.6 is 0 Å². The highest BCUT2D eigenvalue weighted by Gasteiger charge is 2.50. The molecule has 1 saturated heterocycles. The number of hydrogen-bond donors (Lipinski definition) is 1. The van der Waals surface area contributed by atoms with Crippen LogP contribution in [0.3, 0.4) is 0 Å². The van der Waals surface area contributed by atoms with Gasteiger partial charge in [0.25, 0.3) is 5.91 Å². The van der Waals surface area contributed by atoms with Crippen molar-refractivity contribution in [1.29, 1.82) is 0 Å². The standard InChI is InChI=1S/C20H29N5O2/c1-14(2)21-17(26)16-23-22-15-7-10-20(25(15)16)11-12-24(13-20)18(27)19(3)8-5-4-6-9-19/h4-5,14H,6-13H2,1-3H3,(H,21,26). The number of aromatic nitrogens is 3. The first-order valence-corrected chi connectivity index (χ1v) is 10.0. The minimum atomic E-state index is -0.299. The molecule has 1 aliphatic carbocycles. The van der Waals surface area contributed by atoms with Crippen molar-refractivity contribution in [3.63, 3.8) is 0 Å². The lowest BCUT2D eigenvalue weighted by Gasteiger charge is -2.34. The number of carbonyl (C=O) groups excluding carboxylic acids is 2. The molecule has 1 fully saturated rings. The van der Waals surface area contributed by atoms with Crippen molar-refractivity contribution < 1.29 is 9.59 Å². The molecule has 2 amide bonds. The van der Waals surface area contributed by atoms with Crippen molar-refractivity contribution >= 4 is 11.8 Å². The number of fused-ring (bicyclic) bond motifs is 2. The van der Waals surface area contributed by atoms with E-state index in [0.717, 1.165) is 50.9 Å². The molecule has 2 aliphatic heterocycles. The third-order valence-corrected chi connectivity index (χ3v) is 6.37. The molecule has 1 aromatic rings. The summed E-state index contributed by atoms with van der Waals surface area (Å²) >= 11 is 0. The second kappa shape index (κ2) is 6.46. The lowest BCUT2D eigenvalue weighted by Crippen LogP contribution is -2.45. The summed E-state index contributed by atoms with van der Waals surface area (Å²) in [6.07, 6.45) is 9.58. The summed E-state index contributed by atoms with van der Waals surface area (Å²) in [6.45, 7) is 7.34. The highest BCUT2D eigenvalue weighted by molar-refractivity contribution is 5.91. The molecule has 0 radical (unpaired) electrons. The van der Waals surface area contributed by atoms with Gasteiger partial charge in [-0.25, -0.2) is 0 Å². The zero-order chi connectivity index (χ0) is 19.2. The SMILES string of the molecule is CC(C)NC(=O)c1nnc2n1C1(CC2)CCN(C(=O)C2(C)CC=CCC2)C1. The molecule has 4 rings (SSSR count). The Morgan fingerprint density at radius 2 is 2.00 bits per heavy atom. The van der Waals surface area contributed by atoms with E-state index in [-0.39, 0.29) is 28.8 Å². The third-order valence-electron chi connectivity index (χ3n) is 6.37. The lowest BCUT2D eigenvalue weighted by molar-refractivity contribution is -0.141. The van der Waals surface area contributed by atoms with Gasteiger partial charge in [-0.2, -0.15) is 0 Å². The van der Waals surface area contributed by atoms with Crippen LogP contribution in [0.25, 0.3) is 0 Å². The van der Waals surface area contributed by atoms with E-state index in [9.17, 15) is 9.59 Å². The fourth-order valence-electron chi connectivity index (χ4n) is 4.86. The molecule has 0 aromatic carbocycles. The van der Waals surface area contributed by atoms with Gasteiger partial charge in [0.1, 0.15) is 5.82 Å². The molecule has 146 valence electrons. The van der Waals surface area contributed by atoms with Crippen LogP contribution in [0.4, 0.5) is 0 Å². The molecule has 27 heavy (non-hydrogen) atoms. The van der Waals surface area contributed by atoms with Crippen LogP contribution < -0.4 is 5.32 Å². The number of allylic oxidation sites excluding steroid dienone is 2. The molecule has 1 aromatic heterocycles. The summed E-state index contributed by atoms with van der Waals surface area (Å²) in [5, 5.41) is 11.4. The number of nitrogens with one attached hydrogen (secondary N) is 1. The Labute approximate surface area is 160 Å². The van der Waals surface area contributed by atoms with Crippen molar-refractivity contribution in [3.05, 3.63) is 23.8 Å². The van der Waals surface area contributed by atoms with E-state index >= 15 is 0 Å². The Hall–Kier alpha value is -2.18. The van der Waals surface area contributed by atoms with Gasteiger partial charge in [-0.3, -0.25) is 14.2 Å². The van der Waals surface area contributed by atoms with Crippen LogP contribution in [0, 0.1) is 5.41 Å². The largest absolute Gasteiger partial charge is 0.347 e. The van der Waals surface area contributed by atoms with Crippen molar-refractivity contribution in [2.24, 2.45) is 5.41 Å². The predicted molar refractivity (Wildman–Crippen MR) is 101 cm³/mol. The summed E-state index contributed by atoms with van der Waals surface area (Å²) < 4.78 is 2.03. The maximum Gasteiger partial charge on any atom is 0.289 e. The van der Waals surface area contributed by atoms with Crippen LogP contribution in [0.2, 0.25) is 0 Å². The smallest absolute Gasteiger partial charge is 0.289 e. The Balaban J connectivity index is 1.58. The van der Waals surface area contributed by atoms with E-state index in [1.165, 1.54) is 0 Å². The van der Waals surface area contributed by atoms with Gasteiger partial charge >= 0.3 is 0 Å². The molecule has 7 heteroatoms. The number of hydrogen-bond acceptors (Lipinski definition) is 4. The average Bonchev–Trinajstić information content (AvgIpc) is 3.32. The monoisotopic (exact) mass is 371 g/mol. The maximum atomic E-state index is 13.2. The molecular weight excluding hydrogens is 342 g/mol. The minimum absolute atomic E-state index is 0.0452. The second-order valence-electron chi connectivity index (χ2n) is 8.88. The molecule has 1 N–H and O–H groups in total. The number of amides is 2. The van der Waals surface area contributed by atoms with Gasteiger partial charge in [0.15, 0.2) is 0 Å². The van der Waals surface area contributed by atoms with Gasteiger partial charge in [0.05, 0.1) is 11.0 Å². The molecule has 2 atom stereocenters. The molecule has 2 unspecified atom stereocenters. The number of likely N-dealkylation sites (tertiary alicyclic amines) is 1. The number of carbonyl (C=O) groups is 2. The van der Waals surface area contributed by atoms with Gasteiger partial charge in [-0.05, 0) is 46.0 Å². The minimum Gasteiger partial charge on any atom is -0.347 e. The van der Waals surface area contributed by atoms with E-state index in [4.69, 9.17) is 0 Å². The van der Waals surface area contributed by atoms with Gasteiger partial charge in [-0.15, -0.1) is 10.2 Å². The molecule has 3 heterocycles. The van der Waals surface area contributed by atoms with Crippen molar-refractivity contribution in [2.75, 3.05) is 13.1 Å². The van der Waals surface area contributed by atoms with Gasteiger partial charge in [0, 0.05) is 25.6 Å². The summed E-state index contributed by atoms with van der Waals surface area (Å²) in [6, 6.07) is 0.0452. The first kappa shape index (κ1) is 18.2. The quantitative estimate of drug-likeness (QED) is 0.825. The topological polar surface area (TPSA) is 80.1 Å². The van der Waals surface area contributed by atoms with Crippen LogP contribution in [-0.2, 0) is 16.8 Å². The third kappa shape index (κ3) is 2.97. The van der Waals surface area contributed by atoms with E-state index in [2.05, 4.69) is 34.6 Å². The van der Waals surface area contributed by atoms with Crippen molar-refractivity contribution in [1.82, 2.24) is 25.0 Å². The van der Waals surface area contributed by atoms with Crippen LogP contribution in [0.1, 0.15) is 69.3 Å². The van der Waals surface area contributed by atoms with Gasteiger partial charge in [-0.1, -0.05) is 19.1 Å². The Bertz CT molecular complexity index is 798. The highest BCUT2D eigenvalue weighted by Crippen LogP contribution is 2.43. The molecule has 0 saturated carbocycles. The number of aryl methyl sites for hydroxylation is 1. The summed E-state index contributed by atoms with van der Waals surface area (Å²) in [5.74, 6) is 1.32. The van der Waals surface area contributed by atoms with E-state index in [0.29, 0.717) is 12.4 Å². The fraction of sp³-hybridized carbons (Fsp3) is 0.700. The summed E-state index contributed by atoms with van der Waals surface area (Å²) in [5.41, 5.74) is -0.536. The molecule has 7 nitrogen and oxygen atoms in total. The maximum absolute atomic E-state index is 13.2. The van der Waals surface area contributed by atoms with E-state index in [1.807, 2.05) is 23.3 Å². The predicted octanol–water partition coefficient (Wildman–Crippen LogP) is 2.04. The Morgan fingerprint density at radius 1 is 1.19 bits per heavy atom. The van der Waals surface area contributed by atoms with Crippen molar-refractivity contribution in [2.45, 2.75) is 70.9 Å². The summed E-state index contributed by atoms with van der Waals surface area (Å²) in [7, 11) is 0. The Morgan fingerprint density at radius 3 is 2.70 bits per heavy atom. The van der Waals surface area contributed by atoms with Crippen molar-refractivity contribution in [3.8, 4) is 0 Å². The van der Waals surface area contributed by atoms with Gasteiger partial charge in [0.2, 0.25) is 11.7 Å². The molecule has 3 aliphatic rings. The zero-order valence-corrected chi connectivity index (χ0v) is 16.5.